The fraction of sp³-hybridized carbons (Fsp3) is 0.294. The highest BCUT2D eigenvalue weighted by Gasteiger charge is 2.10. The molecule has 0 bridgehead atoms. The van der Waals surface area contributed by atoms with Gasteiger partial charge in [-0.15, -0.1) is 0 Å². The smallest absolute Gasteiger partial charge is 0.130 e. The molecule has 1 atom stereocenters. The maximum absolute atomic E-state index is 13.4. The minimum absolute atomic E-state index is 0.0113. The minimum atomic E-state index is -0.264. The fourth-order valence-electron chi connectivity index (χ4n) is 1.97. The van der Waals surface area contributed by atoms with Crippen molar-refractivity contribution in [2.75, 3.05) is 0 Å². The monoisotopic (exact) mass is 273 g/mol. The maximum Gasteiger partial charge on any atom is 0.130 e. The molecule has 2 N–H and O–H groups in total. The Morgan fingerprint density at radius 3 is 2.50 bits per heavy atom. The summed E-state index contributed by atoms with van der Waals surface area (Å²) in [5, 5.41) is 0. The second-order valence-corrected chi connectivity index (χ2v) is 5.04. The van der Waals surface area contributed by atoms with Crippen LogP contribution in [0.4, 0.5) is 4.39 Å². The average Bonchev–Trinajstić information content (AvgIpc) is 2.44. The van der Waals surface area contributed by atoms with Gasteiger partial charge in [0.05, 0.1) is 0 Å². The largest absolute Gasteiger partial charge is 0.457 e. The van der Waals surface area contributed by atoms with E-state index >= 15 is 0 Å². The number of hydrogen-bond acceptors (Lipinski definition) is 2. The molecule has 0 saturated heterocycles. The van der Waals surface area contributed by atoms with E-state index in [1.165, 1.54) is 17.7 Å². The van der Waals surface area contributed by atoms with Crippen molar-refractivity contribution in [3.8, 4) is 11.5 Å². The van der Waals surface area contributed by atoms with Crippen LogP contribution < -0.4 is 10.5 Å². The van der Waals surface area contributed by atoms with Crippen molar-refractivity contribution in [3.05, 3.63) is 59.4 Å². The van der Waals surface area contributed by atoms with E-state index < -0.39 is 0 Å². The molecular formula is C17H20FNO. The standard InChI is InChI=1S/C17H20FNO/c1-3-15(19)11-13-10-14(18)6-9-17(13)20-16-7-4-12(2)5-8-16/h4-10,15H,3,11,19H2,1-2H3. The summed E-state index contributed by atoms with van der Waals surface area (Å²) < 4.78 is 19.2. The Bertz CT molecular complexity index is 566. The topological polar surface area (TPSA) is 35.2 Å². The van der Waals surface area contributed by atoms with Crippen LogP contribution in [0.3, 0.4) is 0 Å². The van der Waals surface area contributed by atoms with Crippen molar-refractivity contribution in [2.24, 2.45) is 5.73 Å². The van der Waals surface area contributed by atoms with Crippen LogP contribution in [0.5, 0.6) is 11.5 Å². The van der Waals surface area contributed by atoms with Gasteiger partial charge in [-0.3, -0.25) is 0 Å². The maximum atomic E-state index is 13.4. The van der Waals surface area contributed by atoms with Crippen LogP contribution >= 0.6 is 0 Å². The summed E-state index contributed by atoms with van der Waals surface area (Å²) in [7, 11) is 0. The molecule has 2 nitrogen and oxygen atoms in total. The van der Waals surface area contributed by atoms with Crippen molar-refractivity contribution >= 4 is 0 Å². The summed E-state index contributed by atoms with van der Waals surface area (Å²) in [4.78, 5) is 0. The van der Waals surface area contributed by atoms with E-state index in [0.29, 0.717) is 12.2 Å². The predicted molar refractivity (Wildman–Crippen MR) is 79.6 cm³/mol. The van der Waals surface area contributed by atoms with Crippen molar-refractivity contribution in [1.29, 1.82) is 0 Å². The summed E-state index contributed by atoms with van der Waals surface area (Å²) in [6.45, 7) is 4.04. The molecule has 0 radical (unpaired) electrons. The van der Waals surface area contributed by atoms with Crippen LogP contribution in [0.15, 0.2) is 42.5 Å². The third-order valence-corrected chi connectivity index (χ3v) is 3.28. The minimum Gasteiger partial charge on any atom is -0.457 e. The Hall–Kier alpha value is -1.87. The molecule has 0 aliphatic heterocycles. The summed E-state index contributed by atoms with van der Waals surface area (Å²) in [5.74, 6) is 1.15. The van der Waals surface area contributed by atoms with Crippen LogP contribution in [-0.2, 0) is 6.42 Å². The van der Waals surface area contributed by atoms with E-state index in [-0.39, 0.29) is 11.9 Å². The van der Waals surface area contributed by atoms with Gasteiger partial charge in [0, 0.05) is 6.04 Å². The highest BCUT2D eigenvalue weighted by molar-refractivity contribution is 5.39. The predicted octanol–water partition coefficient (Wildman–Crippen LogP) is 4.21. The zero-order valence-corrected chi connectivity index (χ0v) is 11.9. The second-order valence-electron chi connectivity index (χ2n) is 5.04. The van der Waals surface area contributed by atoms with Gasteiger partial charge in [-0.25, -0.2) is 4.39 Å². The van der Waals surface area contributed by atoms with Crippen molar-refractivity contribution in [3.63, 3.8) is 0 Å². The lowest BCUT2D eigenvalue weighted by Gasteiger charge is -2.14. The Balaban J connectivity index is 2.23. The molecule has 2 aromatic rings. The number of hydrogen-bond donors (Lipinski definition) is 1. The first-order valence-electron chi connectivity index (χ1n) is 6.87. The fourth-order valence-corrected chi connectivity index (χ4v) is 1.97. The van der Waals surface area contributed by atoms with Crippen LogP contribution in [-0.4, -0.2) is 6.04 Å². The van der Waals surface area contributed by atoms with Gasteiger partial charge in [0.25, 0.3) is 0 Å². The first kappa shape index (κ1) is 14.5. The number of benzene rings is 2. The number of aryl methyl sites for hydroxylation is 1. The average molecular weight is 273 g/mol. The summed E-state index contributed by atoms with van der Waals surface area (Å²) in [6, 6.07) is 12.4. The molecule has 1 unspecified atom stereocenters. The van der Waals surface area contributed by atoms with E-state index in [1.807, 2.05) is 38.1 Å². The molecule has 0 aromatic heterocycles. The lowest BCUT2D eigenvalue weighted by Crippen LogP contribution is -2.21. The van der Waals surface area contributed by atoms with E-state index in [4.69, 9.17) is 10.5 Å². The summed E-state index contributed by atoms with van der Waals surface area (Å²) >= 11 is 0. The van der Waals surface area contributed by atoms with Crippen LogP contribution in [0.2, 0.25) is 0 Å². The second kappa shape index (κ2) is 6.53. The van der Waals surface area contributed by atoms with Gasteiger partial charge >= 0.3 is 0 Å². The Morgan fingerprint density at radius 1 is 1.15 bits per heavy atom. The van der Waals surface area contributed by atoms with E-state index in [2.05, 4.69) is 0 Å². The lowest BCUT2D eigenvalue weighted by atomic mass is 10.0. The van der Waals surface area contributed by atoms with Gasteiger partial charge in [0.1, 0.15) is 17.3 Å². The lowest BCUT2D eigenvalue weighted by molar-refractivity contribution is 0.469. The number of halogens is 1. The van der Waals surface area contributed by atoms with Crippen molar-refractivity contribution in [1.82, 2.24) is 0 Å². The molecule has 0 spiro atoms. The molecule has 20 heavy (non-hydrogen) atoms. The molecule has 0 aliphatic carbocycles. The van der Waals surface area contributed by atoms with Crippen molar-refractivity contribution < 1.29 is 9.13 Å². The van der Waals surface area contributed by atoms with Gasteiger partial charge in [-0.2, -0.15) is 0 Å². The first-order valence-corrected chi connectivity index (χ1v) is 6.87. The molecule has 0 saturated carbocycles. The molecule has 3 heteroatoms. The van der Waals surface area contributed by atoms with Crippen LogP contribution in [0.1, 0.15) is 24.5 Å². The molecule has 0 heterocycles. The zero-order chi connectivity index (χ0) is 14.5. The number of ether oxygens (including phenoxy) is 1. The van der Waals surface area contributed by atoms with Gasteiger partial charge in [0.15, 0.2) is 0 Å². The normalized spacial score (nSPS) is 12.2. The number of nitrogens with two attached hydrogens (primary N) is 1. The van der Waals surface area contributed by atoms with Gasteiger partial charge in [0.2, 0.25) is 0 Å². The first-order chi connectivity index (χ1) is 9.58. The van der Waals surface area contributed by atoms with Gasteiger partial charge < -0.3 is 10.5 Å². The Morgan fingerprint density at radius 2 is 1.85 bits per heavy atom. The molecule has 0 aliphatic rings. The molecular weight excluding hydrogens is 253 g/mol. The van der Waals surface area contributed by atoms with Gasteiger partial charge in [-0.05, 0) is 55.7 Å². The quantitative estimate of drug-likeness (QED) is 0.885. The van der Waals surface area contributed by atoms with E-state index in [0.717, 1.165) is 17.7 Å². The highest BCUT2D eigenvalue weighted by Crippen LogP contribution is 2.27. The highest BCUT2D eigenvalue weighted by atomic mass is 19.1. The molecule has 2 aromatic carbocycles. The third kappa shape index (κ3) is 3.81. The van der Waals surface area contributed by atoms with Crippen LogP contribution in [0, 0.1) is 12.7 Å². The third-order valence-electron chi connectivity index (χ3n) is 3.28. The SMILES string of the molecule is CCC(N)Cc1cc(F)ccc1Oc1ccc(C)cc1. The molecule has 0 fully saturated rings. The zero-order valence-electron chi connectivity index (χ0n) is 11.9. The Kier molecular flexibility index (Phi) is 4.74. The Labute approximate surface area is 119 Å². The summed E-state index contributed by atoms with van der Waals surface area (Å²) in [6.07, 6.45) is 1.45. The number of rotatable bonds is 5. The summed E-state index contributed by atoms with van der Waals surface area (Å²) in [5.41, 5.74) is 7.94. The van der Waals surface area contributed by atoms with Crippen LogP contribution in [0.25, 0.3) is 0 Å². The van der Waals surface area contributed by atoms with E-state index in [9.17, 15) is 4.39 Å². The van der Waals surface area contributed by atoms with Crippen molar-refractivity contribution in [2.45, 2.75) is 32.7 Å². The molecule has 2 rings (SSSR count). The molecule has 0 amide bonds. The van der Waals surface area contributed by atoms with E-state index in [1.54, 1.807) is 6.07 Å². The molecule has 106 valence electrons. The van der Waals surface area contributed by atoms with Gasteiger partial charge in [-0.1, -0.05) is 24.6 Å².